The van der Waals surface area contributed by atoms with Crippen molar-refractivity contribution in [3.8, 4) is 11.5 Å². The summed E-state index contributed by atoms with van der Waals surface area (Å²) >= 11 is 5.98. The summed E-state index contributed by atoms with van der Waals surface area (Å²) in [5.41, 5.74) is 1.07. The van der Waals surface area contributed by atoms with E-state index in [1.807, 2.05) is 29.2 Å². The molecule has 1 fully saturated rings. The zero-order valence-corrected chi connectivity index (χ0v) is 19.9. The maximum atomic E-state index is 13.1. The van der Waals surface area contributed by atoms with E-state index in [9.17, 15) is 13.2 Å². The molecule has 1 amide bonds. The minimum absolute atomic E-state index is 0.0729. The summed E-state index contributed by atoms with van der Waals surface area (Å²) < 4.78 is 38.9. The minimum atomic E-state index is -3.65. The Bertz CT molecular complexity index is 1090. The molecule has 2 heterocycles. The molecule has 0 saturated carbocycles. The number of halogens is 1. The van der Waals surface area contributed by atoms with E-state index in [-0.39, 0.29) is 17.3 Å². The number of rotatable bonds is 7. The van der Waals surface area contributed by atoms with Crippen molar-refractivity contribution in [2.24, 2.45) is 0 Å². The number of sulfonamides is 1. The monoisotopic (exact) mass is 493 g/mol. The Balaban J connectivity index is 1.26. The first kappa shape index (κ1) is 23.8. The predicted molar refractivity (Wildman–Crippen MR) is 125 cm³/mol. The third-order valence-corrected chi connectivity index (χ3v) is 7.81. The molecular formula is C23H28ClN3O5S. The van der Waals surface area contributed by atoms with Crippen LogP contribution in [0.3, 0.4) is 0 Å². The fourth-order valence-electron chi connectivity index (χ4n) is 3.88. The topological polar surface area (TPSA) is 88.2 Å². The van der Waals surface area contributed by atoms with Crippen LogP contribution in [-0.4, -0.2) is 76.0 Å². The summed E-state index contributed by atoms with van der Waals surface area (Å²) in [4.78, 5) is 14.5. The second-order valence-electron chi connectivity index (χ2n) is 8.07. The van der Waals surface area contributed by atoms with Crippen LogP contribution in [0, 0.1) is 0 Å². The fraction of sp³-hybridized carbons (Fsp3) is 0.435. The van der Waals surface area contributed by atoms with E-state index >= 15 is 0 Å². The highest BCUT2D eigenvalue weighted by molar-refractivity contribution is 7.89. The van der Waals surface area contributed by atoms with Gasteiger partial charge in [0.25, 0.3) is 0 Å². The van der Waals surface area contributed by atoms with Crippen molar-refractivity contribution in [3.63, 3.8) is 0 Å². The first-order valence-corrected chi connectivity index (χ1v) is 12.9. The Kier molecular flexibility index (Phi) is 7.75. The number of piperazine rings is 1. The second-order valence-corrected chi connectivity index (χ2v) is 10.4. The van der Waals surface area contributed by atoms with Crippen molar-refractivity contribution in [2.45, 2.75) is 17.7 Å². The molecule has 0 atom stereocenters. The van der Waals surface area contributed by atoms with Crippen molar-refractivity contribution >= 4 is 27.5 Å². The number of ether oxygens (including phenoxy) is 2. The van der Waals surface area contributed by atoms with Gasteiger partial charge in [-0.2, -0.15) is 4.31 Å². The van der Waals surface area contributed by atoms with Crippen LogP contribution in [0.2, 0.25) is 5.02 Å². The van der Waals surface area contributed by atoms with E-state index in [1.165, 1.54) is 10.4 Å². The highest BCUT2D eigenvalue weighted by Gasteiger charge is 2.30. The van der Waals surface area contributed by atoms with Crippen molar-refractivity contribution in [1.82, 2.24) is 14.5 Å². The summed E-state index contributed by atoms with van der Waals surface area (Å²) in [6.07, 6.45) is 1.46. The Morgan fingerprint density at radius 1 is 1.00 bits per heavy atom. The minimum Gasteiger partial charge on any atom is -0.490 e. The van der Waals surface area contributed by atoms with E-state index in [4.69, 9.17) is 21.1 Å². The van der Waals surface area contributed by atoms with Gasteiger partial charge in [0.05, 0.1) is 24.7 Å². The lowest BCUT2D eigenvalue weighted by Gasteiger charge is -2.33. The maximum absolute atomic E-state index is 13.1. The van der Waals surface area contributed by atoms with Crippen molar-refractivity contribution in [2.75, 3.05) is 52.5 Å². The van der Waals surface area contributed by atoms with Gasteiger partial charge in [-0.05, 0) is 36.2 Å². The number of carbonyl (C=O) groups is 1. The fourth-order valence-corrected chi connectivity index (χ4v) is 5.53. The molecule has 0 aromatic heterocycles. The number of amides is 1. The van der Waals surface area contributed by atoms with E-state index in [0.717, 1.165) is 12.0 Å². The number of fused-ring (bicyclic) bond motifs is 1. The Morgan fingerprint density at radius 3 is 2.52 bits per heavy atom. The van der Waals surface area contributed by atoms with Gasteiger partial charge in [0.2, 0.25) is 15.9 Å². The first-order valence-electron chi connectivity index (χ1n) is 11.0. The molecule has 0 spiro atoms. The van der Waals surface area contributed by atoms with Gasteiger partial charge in [0, 0.05) is 50.2 Å². The number of nitrogens with zero attached hydrogens (tertiary/aromatic N) is 2. The first-order chi connectivity index (χ1) is 15.9. The van der Waals surface area contributed by atoms with E-state index in [1.54, 1.807) is 12.1 Å². The molecular weight excluding hydrogens is 466 g/mol. The number of hydrogen-bond donors (Lipinski definition) is 1. The highest BCUT2D eigenvalue weighted by Crippen LogP contribution is 2.33. The number of carbonyl (C=O) groups excluding carboxylic acids is 1. The molecule has 2 aliphatic heterocycles. The molecule has 0 bridgehead atoms. The van der Waals surface area contributed by atoms with Crippen LogP contribution < -0.4 is 14.8 Å². The van der Waals surface area contributed by atoms with Crippen LogP contribution in [0.5, 0.6) is 11.5 Å². The molecule has 33 heavy (non-hydrogen) atoms. The Hall–Kier alpha value is -2.33. The van der Waals surface area contributed by atoms with Crippen molar-refractivity contribution in [1.29, 1.82) is 0 Å². The largest absolute Gasteiger partial charge is 0.490 e. The Morgan fingerprint density at radius 2 is 1.76 bits per heavy atom. The molecule has 0 unspecified atom stereocenters. The summed E-state index contributed by atoms with van der Waals surface area (Å²) in [5.74, 6) is 0.954. The van der Waals surface area contributed by atoms with Crippen molar-refractivity contribution < 1.29 is 22.7 Å². The highest BCUT2D eigenvalue weighted by atomic mass is 35.5. The van der Waals surface area contributed by atoms with Gasteiger partial charge in [-0.25, -0.2) is 8.42 Å². The van der Waals surface area contributed by atoms with Crippen LogP contribution in [0.4, 0.5) is 0 Å². The molecule has 2 aromatic carbocycles. The molecule has 4 rings (SSSR count). The van der Waals surface area contributed by atoms with Crippen LogP contribution in [0.25, 0.3) is 0 Å². The molecule has 2 aromatic rings. The zero-order chi connectivity index (χ0) is 23.3. The molecule has 1 N–H and O–H groups in total. The average Bonchev–Trinajstić information content (AvgIpc) is 3.04. The van der Waals surface area contributed by atoms with E-state index < -0.39 is 10.0 Å². The standard InChI is InChI=1S/C23H28ClN3O5S/c24-19-4-1-3-18(15-19)7-8-25-23(28)17-26-9-11-27(12-10-26)33(29,30)20-5-6-21-22(16-20)32-14-2-13-31-21/h1,3-6,15-16H,2,7-14,17H2,(H,25,28). The van der Waals surface area contributed by atoms with Crippen LogP contribution in [0.15, 0.2) is 47.4 Å². The van der Waals surface area contributed by atoms with Gasteiger partial charge in [0.1, 0.15) is 0 Å². The molecule has 0 aliphatic carbocycles. The number of nitrogens with one attached hydrogen (secondary N) is 1. The van der Waals surface area contributed by atoms with Crippen LogP contribution in [0.1, 0.15) is 12.0 Å². The van der Waals surface area contributed by atoms with Crippen molar-refractivity contribution in [3.05, 3.63) is 53.1 Å². The zero-order valence-electron chi connectivity index (χ0n) is 18.3. The summed E-state index contributed by atoms with van der Waals surface area (Å²) in [6, 6.07) is 12.3. The average molecular weight is 494 g/mol. The lowest BCUT2D eigenvalue weighted by molar-refractivity contribution is -0.122. The third kappa shape index (κ3) is 6.17. The molecule has 10 heteroatoms. The summed E-state index contributed by atoms with van der Waals surface area (Å²) in [6.45, 7) is 3.45. The van der Waals surface area contributed by atoms with Crippen LogP contribution >= 0.6 is 11.6 Å². The molecule has 8 nitrogen and oxygen atoms in total. The van der Waals surface area contributed by atoms with Gasteiger partial charge in [-0.1, -0.05) is 23.7 Å². The lowest BCUT2D eigenvalue weighted by Crippen LogP contribution is -2.51. The maximum Gasteiger partial charge on any atom is 0.243 e. The normalized spacial score (nSPS) is 17.4. The summed E-state index contributed by atoms with van der Waals surface area (Å²) in [7, 11) is -3.65. The van der Waals surface area contributed by atoms with Gasteiger partial charge >= 0.3 is 0 Å². The molecule has 0 radical (unpaired) electrons. The van der Waals surface area contributed by atoms with Crippen LogP contribution in [-0.2, 0) is 21.2 Å². The Labute approximate surface area is 199 Å². The smallest absolute Gasteiger partial charge is 0.243 e. The van der Waals surface area contributed by atoms with Gasteiger partial charge in [-0.15, -0.1) is 0 Å². The predicted octanol–water partition coefficient (Wildman–Crippen LogP) is 2.17. The second kappa shape index (κ2) is 10.7. The molecule has 1 saturated heterocycles. The van der Waals surface area contributed by atoms with Gasteiger partial charge in [-0.3, -0.25) is 9.69 Å². The van der Waals surface area contributed by atoms with Gasteiger partial charge in [0.15, 0.2) is 11.5 Å². The molecule has 178 valence electrons. The molecule has 2 aliphatic rings. The summed E-state index contributed by atoms with van der Waals surface area (Å²) in [5, 5.41) is 3.60. The quantitative estimate of drug-likeness (QED) is 0.636. The SMILES string of the molecule is O=C(CN1CCN(S(=O)(=O)c2ccc3c(c2)OCCCO3)CC1)NCCc1cccc(Cl)c1. The third-order valence-electron chi connectivity index (χ3n) is 5.68. The van der Waals surface area contributed by atoms with E-state index in [0.29, 0.717) is 68.9 Å². The lowest BCUT2D eigenvalue weighted by atomic mass is 10.1. The van der Waals surface area contributed by atoms with E-state index in [2.05, 4.69) is 5.32 Å². The van der Waals surface area contributed by atoms with Gasteiger partial charge < -0.3 is 14.8 Å². The number of benzene rings is 2. The number of hydrogen-bond acceptors (Lipinski definition) is 6.